The molecule has 0 fully saturated rings. The zero-order valence-corrected chi connectivity index (χ0v) is 16.4. The Morgan fingerprint density at radius 2 is 2.04 bits per heavy atom. The first-order valence-electron chi connectivity index (χ1n) is 8.90. The minimum absolute atomic E-state index is 0.138. The number of thiocarbonyl (C=S) groups is 1. The number of carbonyl (C=O) groups excluding carboxylic acids is 1. The van der Waals surface area contributed by atoms with Crippen LogP contribution in [0, 0.1) is 6.92 Å². The molecule has 0 atom stereocenters. The van der Waals surface area contributed by atoms with E-state index in [0.29, 0.717) is 16.4 Å². The van der Waals surface area contributed by atoms with Gasteiger partial charge in [-0.1, -0.05) is 32.4 Å². The van der Waals surface area contributed by atoms with Crippen LogP contribution in [0.25, 0.3) is 0 Å². The van der Waals surface area contributed by atoms with Crippen molar-refractivity contribution in [3.8, 4) is 0 Å². The maximum atomic E-state index is 12.3. The van der Waals surface area contributed by atoms with E-state index in [1.807, 2.05) is 20.8 Å². The van der Waals surface area contributed by atoms with E-state index in [0.717, 1.165) is 18.7 Å². The summed E-state index contributed by atoms with van der Waals surface area (Å²) < 4.78 is 5.70. The minimum atomic E-state index is -0.254. The van der Waals surface area contributed by atoms with Gasteiger partial charge in [-0.25, -0.2) is 0 Å². The van der Waals surface area contributed by atoms with E-state index in [-0.39, 0.29) is 11.3 Å². The number of aryl methyl sites for hydroxylation is 1. The Labute approximate surface area is 155 Å². The highest BCUT2D eigenvalue weighted by Gasteiger charge is 2.23. The number of furan rings is 1. The van der Waals surface area contributed by atoms with Gasteiger partial charge in [-0.15, -0.1) is 0 Å². The predicted molar refractivity (Wildman–Crippen MR) is 105 cm³/mol. The number of carbonyl (C=O) groups is 1. The van der Waals surface area contributed by atoms with Crippen molar-refractivity contribution < 1.29 is 9.21 Å². The fraction of sp³-hybridized carbons (Fsp3) is 0.579. The van der Waals surface area contributed by atoms with Crippen LogP contribution in [0.1, 0.15) is 74.8 Å². The molecular weight excluding hydrogens is 334 g/mol. The lowest BCUT2D eigenvalue weighted by Gasteiger charge is -2.14. The van der Waals surface area contributed by atoms with Crippen LogP contribution in [-0.4, -0.2) is 17.6 Å². The van der Waals surface area contributed by atoms with Gasteiger partial charge in [0.2, 0.25) is 0 Å². The molecule has 0 spiro atoms. The predicted octanol–water partition coefficient (Wildman–Crippen LogP) is 3.88. The molecule has 1 amide bonds. The molecule has 1 heterocycles. The Morgan fingerprint density at radius 3 is 2.64 bits per heavy atom. The summed E-state index contributed by atoms with van der Waals surface area (Å²) in [6, 6.07) is 1.79. The Balaban J connectivity index is 1.76. The highest BCUT2D eigenvalue weighted by Crippen LogP contribution is 2.26. The fourth-order valence-electron chi connectivity index (χ4n) is 2.77. The van der Waals surface area contributed by atoms with E-state index in [2.05, 4.69) is 22.2 Å². The fourth-order valence-corrected chi connectivity index (χ4v) is 2.92. The summed E-state index contributed by atoms with van der Waals surface area (Å²) in [5.41, 5.74) is 7.26. The van der Waals surface area contributed by atoms with Crippen LogP contribution in [0.4, 0.5) is 0 Å². The van der Waals surface area contributed by atoms with Gasteiger partial charge in [0.1, 0.15) is 11.5 Å². The van der Waals surface area contributed by atoms with Gasteiger partial charge in [0.05, 0.1) is 5.56 Å². The molecule has 2 rings (SSSR count). The molecule has 5 nitrogen and oxygen atoms in total. The molecule has 0 unspecified atom stereocenters. The van der Waals surface area contributed by atoms with Crippen molar-refractivity contribution in [3.63, 3.8) is 0 Å². The second-order valence-electron chi connectivity index (χ2n) is 7.52. The lowest BCUT2D eigenvalue weighted by molar-refractivity contribution is 0.0942. The summed E-state index contributed by atoms with van der Waals surface area (Å²) in [5.74, 6) is 1.14. The van der Waals surface area contributed by atoms with E-state index >= 15 is 0 Å². The summed E-state index contributed by atoms with van der Waals surface area (Å²) in [4.78, 5) is 12.3. The van der Waals surface area contributed by atoms with E-state index in [4.69, 9.17) is 16.6 Å². The van der Waals surface area contributed by atoms with Crippen molar-refractivity contribution in [2.24, 2.45) is 0 Å². The number of amides is 1. The van der Waals surface area contributed by atoms with Crippen molar-refractivity contribution in [2.45, 2.75) is 65.2 Å². The molecule has 3 N–H and O–H groups in total. The largest absolute Gasteiger partial charge is 0.465 e. The Morgan fingerprint density at radius 1 is 1.28 bits per heavy atom. The second-order valence-corrected chi connectivity index (χ2v) is 7.93. The summed E-state index contributed by atoms with van der Waals surface area (Å²) in [5, 5.41) is 3.54. The summed E-state index contributed by atoms with van der Waals surface area (Å²) in [6.07, 6.45) is 8.28. The molecule has 1 aliphatic carbocycles. The normalized spacial score (nSPS) is 14.6. The molecule has 0 saturated heterocycles. The van der Waals surface area contributed by atoms with Gasteiger partial charge < -0.3 is 9.73 Å². The molecule has 25 heavy (non-hydrogen) atoms. The number of rotatable bonds is 4. The monoisotopic (exact) mass is 363 g/mol. The van der Waals surface area contributed by atoms with Crippen molar-refractivity contribution >= 4 is 23.2 Å². The third kappa shape index (κ3) is 5.88. The van der Waals surface area contributed by atoms with Crippen LogP contribution >= 0.6 is 12.2 Å². The maximum Gasteiger partial charge on any atom is 0.273 e. The Bertz CT molecular complexity index is 656. The van der Waals surface area contributed by atoms with Crippen LogP contribution in [0.3, 0.4) is 0 Å². The molecule has 0 aliphatic heterocycles. The smallest absolute Gasteiger partial charge is 0.273 e. The van der Waals surface area contributed by atoms with E-state index in [9.17, 15) is 4.79 Å². The van der Waals surface area contributed by atoms with Gasteiger partial charge in [-0.05, 0) is 57.3 Å². The van der Waals surface area contributed by atoms with Gasteiger partial charge in [-0.2, -0.15) is 0 Å². The molecule has 1 aromatic rings. The SMILES string of the molecule is Cc1oc(C(C)(C)C)cc1C(=O)NNC(=S)NCCC1=CCCCC1. The van der Waals surface area contributed by atoms with E-state index < -0.39 is 0 Å². The van der Waals surface area contributed by atoms with Gasteiger partial charge in [0.25, 0.3) is 5.91 Å². The average Bonchev–Trinajstić information content (AvgIpc) is 2.96. The van der Waals surface area contributed by atoms with Crippen molar-refractivity contribution in [1.29, 1.82) is 0 Å². The first kappa shape index (κ1) is 19.5. The number of nitrogens with one attached hydrogen (secondary N) is 3. The van der Waals surface area contributed by atoms with Crippen LogP contribution in [0.15, 0.2) is 22.1 Å². The molecule has 138 valence electrons. The minimum Gasteiger partial charge on any atom is -0.465 e. The zero-order chi connectivity index (χ0) is 18.4. The number of hydrogen-bond acceptors (Lipinski definition) is 3. The first-order valence-corrected chi connectivity index (χ1v) is 9.31. The van der Waals surface area contributed by atoms with Crippen LogP contribution in [0.2, 0.25) is 0 Å². The molecule has 0 aromatic carbocycles. The van der Waals surface area contributed by atoms with Gasteiger partial charge in [0.15, 0.2) is 5.11 Å². The lowest BCUT2D eigenvalue weighted by Crippen LogP contribution is -2.47. The van der Waals surface area contributed by atoms with Gasteiger partial charge in [0, 0.05) is 12.0 Å². The third-order valence-electron chi connectivity index (χ3n) is 4.31. The third-order valence-corrected chi connectivity index (χ3v) is 4.55. The molecule has 1 aliphatic rings. The molecular formula is C19H29N3O2S. The van der Waals surface area contributed by atoms with Crippen LogP contribution in [-0.2, 0) is 5.41 Å². The quantitative estimate of drug-likeness (QED) is 0.430. The van der Waals surface area contributed by atoms with E-state index in [1.165, 1.54) is 31.3 Å². The lowest BCUT2D eigenvalue weighted by atomic mass is 9.93. The van der Waals surface area contributed by atoms with Crippen molar-refractivity contribution in [2.75, 3.05) is 6.54 Å². The number of allylic oxidation sites excluding steroid dienone is 1. The number of hydrogen-bond donors (Lipinski definition) is 3. The Kier molecular flexibility index (Phi) is 6.64. The van der Waals surface area contributed by atoms with Crippen LogP contribution in [0.5, 0.6) is 0 Å². The van der Waals surface area contributed by atoms with Crippen molar-refractivity contribution in [1.82, 2.24) is 16.2 Å². The number of hydrazine groups is 1. The van der Waals surface area contributed by atoms with Gasteiger partial charge in [-0.3, -0.25) is 15.6 Å². The average molecular weight is 364 g/mol. The van der Waals surface area contributed by atoms with Crippen LogP contribution < -0.4 is 16.2 Å². The Hall–Kier alpha value is -1.82. The topological polar surface area (TPSA) is 66.3 Å². The highest BCUT2D eigenvalue weighted by molar-refractivity contribution is 7.80. The molecule has 0 saturated carbocycles. The first-order chi connectivity index (χ1) is 11.8. The molecule has 0 bridgehead atoms. The zero-order valence-electron chi connectivity index (χ0n) is 15.6. The maximum absolute atomic E-state index is 12.3. The summed E-state index contributed by atoms with van der Waals surface area (Å²) in [7, 11) is 0. The standard InChI is InChI=1S/C19H29N3O2S/c1-13-15(12-16(24-13)19(2,3)4)17(23)21-22-18(25)20-11-10-14-8-6-5-7-9-14/h8,12H,5-7,9-11H2,1-4H3,(H,21,23)(H2,20,22,25). The molecule has 6 heteroatoms. The van der Waals surface area contributed by atoms with Gasteiger partial charge >= 0.3 is 0 Å². The van der Waals surface area contributed by atoms with E-state index in [1.54, 1.807) is 13.0 Å². The summed E-state index contributed by atoms with van der Waals surface area (Å²) >= 11 is 5.21. The summed E-state index contributed by atoms with van der Waals surface area (Å²) in [6.45, 7) is 8.70. The second kappa shape index (κ2) is 8.52. The van der Waals surface area contributed by atoms with Crippen molar-refractivity contribution in [3.05, 3.63) is 34.8 Å². The highest BCUT2D eigenvalue weighted by atomic mass is 32.1. The molecule has 0 radical (unpaired) electrons. The molecule has 1 aromatic heterocycles.